The predicted molar refractivity (Wildman–Crippen MR) is 55.2 cm³/mol. The summed E-state index contributed by atoms with van der Waals surface area (Å²) in [6, 6.07) is 2.64. The minimum absolute atomic E-state index is 0.0700. The van der Waals surface area contributed by atoms with E-state index >= 15 is 0 Å². The fourth-order valence-corrected chi connectivity index (χ4v) is 1.73. The van der Waals surface area contributed by atoms with Crippen molar-refractivity contribution in [1.82, 2.24) is 5.32 Å². The van der Waals surface area contributed by atoms with Gasteiger partial charge in [-0.2, -0.15) is 13.2 Å². The maximum absolute atomic E-state index is 12.5. The van der Waals surface area contributed by atoms with Crippen molar-refractivity contribution >= 4 is 6.09 Å². The molecule has 1 amide bonds. The molecule has 1 aromatic carbocycles. The first-order valence-corrected chi connectivity index (χ1v) is 5.10. The molecule has 18 heavy (non-hydrogen) atoms. The number of carbonyl (C=O) groups is 1. The van der Waals surface area contributed by atoms with Crippen LogP contribution in [-0.4, -0.2) is 19.8 Å². The van der Waals surface area contributed by atoms with Gasteiger partial charge in [0.2, 0.25) is 0 Å². The minimum atomic E-state index is -4.43. The van der Waals surface area contributed by atoms with E-state index in [9.17, 15) is 18.0 Å². The average Bonchev–Trinajstić information content (AvgIpc) is 2.73. The number of carbonyl (C=O) groups excluding carboxylic acids is 1. The summed E-state index contributed by atoms with van der Waals surface area (Å²) >= 11 is 0. The molecule has 2 rings (SSSR count). The van der Waals surface area contributed by atoms with E-state index in [0.29, 0.717) is 5.56 Å². The maximum atomic E-state index is 12.5. The van der Waals surface area contributed by atoms with E-state index in [1.165, 1.54) is 13.2 Å². The van der Waals surface area contributed by atoms with Gasteiger partial charge in [0.15, 0.2) is 0 Å². The second kappa shape index (κ2) is 4.40. The number of hydrogen-bond acceptors (Lipinski definition) is 3. The van der Waals surface area contributed by atoms with Crippen LogP contribution >= 0.6 is 0 Å². The number of rotatable bonds is 2. The fraction of sp³-hybridized carbons (Fsp3) is 0.364. The summed E-state index contributed by atoms with van der Waals surface area (Å²) in [6.07, 6.45) is -5.02. The number of methoxy groups -OCH3 is 1. The van der Waals surface area contributed by atoms with Crippen LogP contribution in [0.3, 0.4) is 0 Å². The van der Waals surface area contributed by atoms with Crippen molar-refractivity contribution in [1.29, 1.82) is 0 Å². The molecular weight excluding hydrogens is 251 g/mol. The first kappa shape index (κ1) is 12.5. The Labute approximate surface area is 101 Å². The number of amides is 1. The zero-order valence-electron chi connectivity index (χ0n) is 9.38. The van der Waals surface area contributed by atoms with Gasteiger partial charge in [-0.3, -0.25) is 0 Å². The van der Waals surface area contributed by atoms with E-state index in [1.807, 2.05) is 0 Å². The zero-order chi connectivity index (χ0) is 13.3. The Balaban J connectivity index is 2.35. The number of halogens is 3. The SMILES string of the molecule is COc1cc(C(F)(F)F)ccc1[C@H]1COC(=O)N1. The van der Waals surface area contributed by atoms with E-state index < -0.39 is 23.9 Å². The zero-order valence-corrected chi connectivity index (χ0v) is 9.38. The van der Waals surface area contributed by atoms with Crippen LogP contribution in [0.2, 0.25) is 0 Å². The van der Waals surface area contributed by atoms with Crippen LogP contribution in [0.4, 0.5) is 18.0 Å². The van der Waals surface area contributed by atoms with Gasteiger partial charge in [-0.05, 0) is 12.1 Å². The van der Waals surface area contributed by atoms with Gasteiger partial charge in [-0.1, -0.05) is 6.07 Å². The van der Waals surface area contributed by atoms with Crippen LogP contribution in [0.5, 0.6) is 5.75 Å². The molecule has 7 heteroatoms. The fourth-order valence-electron chi connectivity index (χ4n) is 1.73. The van der Waals surface area contributed by atoms with Crippen molar-refractivity contribution in [2.24, 2.45) is 0 Å². The Morgan fingerprint density at radius 3 is 2.67 bits per heavy atom. The summed E-state index contributed by atoms with van der Waals surface area (Å²) in [4.78, 5) is 10.9. The number of alkyl halides is 3. The monoisotopic (exact) mass is 261 g/mol. The molecule has 1 aliphatic rings. The molecule has 1 N–H and O–H groups in total. The van der Waals surface area contributed by atoms with Crippen LogP contribution in [0.1, 0.15) is 17.2 Å². The van der Waals surface area contributed by atoms with E-state index in [0.717, 1.165) is 12.1 Å². The molecule has 1 fully saturated rings. The van der Waals surface area contributed by atoms with Crippen molar-refractivity contribution in [3.63, 3.8) is 0 Å². The Hall–Kier alpha value is -1.92. The highest BCUT2D eigenvalue weighted by Crippen LogP contribution is 2.35. The van der Waals surface area contributed by atoms with Crippen molar-refractivity contribution < 1.29 is 27.4 Å². The topological polar surface area (TPSA) is 47.6 Å². The Bertz CT molecular complexity index is 473. The Kier molecular flexibility index (Phi) is 3.06. The third kappa shape index (κ3) is 2.34. The summed E-state index contributed by atoms with van der Waals surface area (Å²) in [6.45, 7) is 0.0700. The standard InChI is InChI=1S/C11H10F3NO3/c1-17-9-4-6(11(12,13)14)2-3-7(9)8-5-18-10(16)15-8/h2-4,8H,5H2,1H3,(H,15,16)/t8-/m1/s1. The largest absolute Gasteiger partial charge is 0.496 e. The number of benzene rings is 1. The quantitative estimate of drug-likeness (QED) is 0.889. The molecule has 0 saturated carbocycles. The molecule has 1 saturated heterocycles. The lowest BCUT2D eigenvalue weighted by molar-refractivity contribution is -0.137. The minimum Gasteiger partial charge on any atom is -0.496 e. The van der Waals surface area contributed by atoms with Gasteiger partial charge in [-0.25, -0.2) is 4.79 Å². The van der Waals surface area contributed by atoms with Crippen LogP contribution in [0, 0.1) is 0 Å². The van der Waals surface area contributed by atoms with Crippen LogP contribution in [0.15, 0.2) is 18.2 Å². The third-order valence-electron chi connectivity index (χ3n) is 2.61. The number of ether oxygens (including phenoxy) is 2. The molecule has 1 heterocycles. The molecule has 0 spiro atoms. The predicted octanol–water partition coefficient (Wildman–Crippen LogP) is 2.49. The highest BCUT2D eigenvalue weighted by atomic mass is 19.4. The lowest BCUT2D eigenvalue weighted by atomic mass is 10.0. The van der Waals surface area contributed by atoms with Gasteiger partial charge in [0, 0.05) is 5.56 Å². The number of cyclic esters (lactones) is 1. The first-order valence-electron chi connectivity index (χ1n) is 5.10. The number of nitrogens with one attached hydrogen (secondary N) is 1. The summed E-state index contributed by atoms with van der Waals surface area (Å²) in [5.41, 5.74) is -0.343. The Morgan fingerprint density at radius 1 is 1.44 bits per heavy atom. The summed E-state index contributed by atoms with van der Waals surface area (Å²) in [7, 11) is 1.27. The summed E-state index contributed by atoms with van der Waals surface area (Å²) in [5, 5.41) is 2.48. The highest BCUT2D eigenvalue weighted by Gasteiger charge is 2.33. The summed E-state index contributed by atoms with van der Waals surface area (Å²) in [5.74, 6) is 0.0700. The molecule has 1 atom stereocenters. The second-order valence-corrected chi connectivity index (χ2v) is 3.75. The molecule has 0 bridgehead atoms. The summed E-state index contributed by atoms with van der Waals surface area (Å²) < 4.78 is 47.2. The van der Waals surface area contributed by atoms with Gasteiger partial charge in [0.1, 0.15) is 12.4 Å². The Morgan fingerprint density at radius 2 is 2.17 bits per heavy atom. The maximum Gasteiger partial charge on any atom is 0.416 e. The van der Waals surface area contributed by atoms with Crippen LogP contribution < -0.4 is 10.1 Å². The average molecular weight is 261 g/mol. The van der Waals surface area contributed by atoms with Crippen LogP contribution in [-0.2, 0) is 10.9 Å². The van der Waals surface area contributed by atoms with E-state index in [2.05, 4.69) is 10.1 Å². The molecular formula is C11H10F3NO3. The third-order valence-corrected chi connectivity index (χ3v) is 2.61. The van der Waals surface area contributed by atoms with Crippen molar-refractivity contribution in [3.05, 3.63) is 29.3 Å². The van der Waals surface area contributed by atoms with Gasteiger partial charge in [-0.15, -0.1) is 0 Å². The molecule has 1 aliphatic heterocycles. The molecule has 0 radical (unpaired) electrons. The van der Waals surface area contributed by atoms with Crippen LogP contribution in [0.25, 0.3) is 0 Å². The second-order valence-electron chi connectivity index (χ2n) is 3.75. The van der Waals surface area contributed by atoms with E-state index in [4.69, 9.17) is 4.74 Å². The van der Waals surface area contributed by atoms with E-state index in [-0.39, 0.29) is 12.4 Å². The normalized spacial score (nSPS) is 19.3. The molecule has 1 aromatic rings. The van der Waals surface area contributed by atoms with Crippen molar-refractivity contribution in [2.45, 2.75) is 12.2 Å². The van der Waals surface area contributed by atoms with E-state index in [1.54, 1.807) is 0 Å². The van der Waals surface area contributed by atoms with Gasteiger partial charge in [0.05, 0.1) is 18.7 Å². The molecule has 98 valence electrons. The van der Waals surface area contributed by atoms with Gasteiger partial charge >= 0.3 is 12.3 Å². The van der Waals surface area contributed by atoms with Gasteiger partial charge < -0.3 is 14.8 Å². The molecule has 0 unspecified atom stereocenters. The molecule has 4 nitrogen and oxygen atoms in total. The first-order chi connectivity index (χ1) is 8.41. The molecule has 0 aromatic heterocycles. The van der Waals surface area contributed by atoms with Crippen molar-refractivity contribution in [3.8, 4) is 5.75 Å². The lowest BCUT2D eigenvalue weighted by Gasteiger charge is -2.15. The smallest absolute Gasteiger partial charge is 0.416 e. The molecule has 0 aliphatic carbocycles. The van der Waals surface area contributed by atoms with Gasteiger partial charge in [0.25, 0.3) is 0 Å². The number of alkyl carbamates (subject to hydrolysis) is 1. The van der Waals surface area contributed by atoms with Crippen molar-refractivity contribution in [2.75, 3.05) is 13.7 Å². The highest BCUT2D eigenvalue weighted by molar-refractivity contribution is 5.70. The lowest BCUT2D eigenvalue weighted by Crippen LogP contribution is -2.19. The number of hydrogen-bond donors (Lipinski definition) is 1.